The smallest absolute Gasteiger partial charge is 0.324 e. The van der Waals surface area contributed by atoms with Gasteiger partial charge in [-0.25, -0.2) is 8.42 Å². The van der Waals surface area contributed by atoms with Crippen molar-refractivity contribution in [3.05, 3.63) is 23.8 Å². The first-order chi connectivity index (χ1) is 12.4. The first-order valence-electron chi connectivity index (χ1n) is 8.87. The molecule has 1 atom stereocenters. The zero-order valence-corrected chi connectivity index (χ0v) is 15.9. The average Bonchev–Trinajstić information content (AvgIpc) is 2.66. The van der Waals surface area contributed by atoms with Crippen LogP contribution in [0.3, 0.4) is 0 Å². The monoisotopic (exact) mass is 380 g/mol. The molecular formula is C18H24N2O5S. The summed E-state index contributed by atoms with van der Waals surface area (Å²) in [4.78, 5) is 25.7. The second-order valence-electron chi connectivity index (χ2n) is 6.72. The first-order valence-corrected chi connectivity index (χ1v) is 10.3. The van der Waals surface area contributed by atoms with Crippen LogP contribution in [0.4, 0.5) is 5.69 Å². The van der Waals surface area contributed by atoms with E-state index in [0.29, 0.717) is 19.5 Å². The van der Waals surface area contributed by atoms with Gasteiger partial charge in [-0.05, 0) is 55.9 Å². The van der Waals surface area contributed by atoms with E-state index in [9.17, 15) is 18.0 Å². The molecule has 1 aromatic carbocycles. The van der Waals surface area contributed by atoms with E-state index < -0.39 is 22.0 Å². The Morgan fingerprint density at radius 1 is 1.15 bits per heavy atom. The summed E-state index contributed by atoms with van der Waals surface area (Å²) in [6.45, 7) is 2.46. The normalized spacial score (nSPS) is 21.2. The third kappa shape index (κ3) is 3.35. The van der Waals surface area contributed by atoms with Crippen LogP contribution >= 0.6 is 0 Å². The summed E-state index contributed by atoms with van der Waals surface area (Å²) in [6.07, 6.45) is 3.50. The van der Waals surface area contributed by atoms with Crippen molar-refractivity contribution in [2.24, 2.45) is 0 Å². The Kier molecular flexibility index (Phi) is 5.34. The van der Waals surface area contributed by atoms with Gasteiger partial charge in [0.25, 0.3) is 0 Å². The summed E-state index contributed by atoms with van der Waals surface area (Å²) < 4.78 is 32.4. The number of amides is 1. The number of ether oxygens (including phenoxy) is 1. The molecule has 1 aromatic rings. The van der Waals surface area contributed by atoms with E-state index in [1.165, 1.54) is 24.4 Å². The molecule has 2 heterocycles. The third-order valence-electron chi connectivity index (χ3n) is 5.08. The fourth-order valence-electron chi connectivity index (χ4n) is 3.76. The fraction of sp³-hybridized carbons (Fsp3) is 0.556. The van der Waals surface area contributed by atoms with Crippen LogP contribution in [-0.4, -0.2) is 50.8 Å². The summed E-state index contributed by atoms with van der Waals surface area (Å²) in [5.74, 6) is -0.572. The lowest BCUT2D eigenvalue weighted by Crippen LogP contribution is -2.48. The molecule has 0 aromatic heterocycles. The second kappa shape index (κ2) is 7.36. The van der Waals surface area contributed by atoms with Crippen molar-refractivity contribution in [1.29, 1.82) is 0 Å². The van der Waals surface area contributed by atoms with Gasteiger partial charge in [0, 0.05) is 25.7 Å². The van der Waals surface area contributed by atoms with Crippen LogP contribution in [-0.2, 0) is 30.8 Å². The Bertz CT molecular complexity index is 821. The number of piperidine rings is 1. The number of methoxy groups -OCH3 is 1. The Balaban J connectivity index is 1.97. The van der Waals surface area contributed by atoms with Gasteiger partial charge in [0.15, 0.2) is 0 Å². The molecule has 0 bridgehead atoms. The third-order valence-corrected chi connectivity index (χ3v) is 6.99. The highest BCUT2D eigenvalue weighted by molar-refractivity contribution is 7.89. The SMILES string of the molecule is COC(=O)[C@H]1CCCCN1S(=O)(=O)c1ccc2c(c1)CCCN2C(C)=O. The summed E-state index contributed by atoms with van der Waals surface area (Å²) in [7, 11) is -2.53. The van der Waals surface area contributed by atoms with Gasteiger partial charge >= 0.3 is 5.97 Å². The van der Waals surface area contributed by atoms with Crippen molar-refractivity contribution < 1.29 is 22.7 Å². The number of aryl methyl sites for hydroxylation is 1. The minimum absolute atomic E-state index is 0.0525. The number of nitrogens with zero attached hydrogens (tertiary/aromatic N) is 2. The molecule has 26 heavy (non-hydrogen) atoms. The van der Waals surface area contributed by atoms with Gasteiger partial charge < -0.3 is 9.64 Å². The summed E-state index contributed by atoms with van der Waals surface area (Å²) in [6, 6.07) is 4.09. The molecule has 8 heteroatoms. The molecule has 142 valence electrons. The van der Waals surface area contributed by atoms with Crippen molar-refractivity contribution in [1.82, 2.24) is 4.31 Å². The molecule has 7 nitrogen and oxygen atoms in total. The number of benzene rings is 1. The lowest BCUT2D eigenvalue weighted by molar-refractivity contribution is -0.146. The number of carbonyl (C=O) groups is 2. The molecule has 0 N–H and O–H groups in total. The van der Waals surface area contributed by atoms with Crippen molar-refractivity contribution >= 4 is 27.6 Å². The zero-order chi connectivity index (χ0) is 18.9. The Hall–Kier alpha value is -1.93. The number of rotatable bonds is 3. The molecule has 2 aliphatic heterocycles. The Morgan fingerprint density at radius 2 is 1.92 bits per heavy atom. The molecule has 1 fully saturated rings. The van der Waals surface area contributed by atoms with Crippen LogP contribution in [0.15, 0.2) is 23.1 Å². The summed E-state index contributed by atoms with van der Waals surface area (Å²) in [5.41, 5.74) is 1.62. The van der Waals surface area contributed by atoms with Gasteiger partial charge in [-0.15, -0.1) is 0 Å². The van der Waals surface area contributed by atoms with E-state index in [-0.39, 0.29) is 10.8 Å². The van der Waals surface area contributed by atoms with Gasteiger partial charge in [-0.2, -0.15) is 4.31 Å². The van der Waals surface area contributed by atoms with E-state index in [2.05, 4.69) is 0 Å². The summed E-state index contributed by atoms with van der Waals surface area (Å²) >= 11 is 0. The minimum Gasteiger partial charge on any atom is -0.468 e. The number of hydrogen-bond donors (Lipinski definition) is 0. The number of sulfonamides is 1. The molecule has 0 aliphatic carbocycles. The van der Waals surface area contributed by atoms with Crippen LogP contribution in [0.2, 0.25) is 0 Å². The zero-order valence-electron chi connectivity index (χ0n) is 15.1. The molecular weight excluding hydrogens is 356 g/mol. The quantitative estimate of drug-likeness (QED) is 0.746. The molecule has 2 aliphatic rings. The lowest BCUT2D eigenvalue weighted by atomic mass is 10.0. The Morgan fingerprint density at radius 3 is 2.62 bits per heavy atom. The predicted octanol–water partition coefficient (Wildman–Crippen LogP) is 1.70. The van der Waals surface area contributed by atoms with Crippen LogP contribution in [0, 0.1) is 0 Å². The maximum Gasteiger partial charge on any atom is 0.324 e. The fourth-order valence-corrected chi connectivity index (χ4v) is 5.46. The van der Waals surface area contributed by atoms with Crippen LogP contribution < -0.4 is 4.90 Å². The van der Waals surface area contributed by atoms with Crippen molar-refractivity contribution in [2.75, 3.05) is 25.1 Å². The van der Waals surface area contributed by atoms with Crippen molar-refractivity contribution in [3.63, 3.8) is 0 Å². The van der Waals surface area contributed by atoms with E-state index >= 15 is 0 Å². The van der Waals surface area contributed by atoms with Gasteiger partial charge in [0.2, 0.25) is 15.9 Å². The van der Waals surface area contributed by atoms with E-state index in [1.54, 1.807) is 17.0 Å². The number of hydrogen-bond acceptors (Lipinski definition) is 5. The minimum atomic E-state index is -3.81. The molecule has 1 amide bonds. The highest BCUT2D eigenvalue weighted by Crippen LogP contribution is 2.32. The van der Waals surface area contributed by atoms with Crippen LogP contribution in [0.1, 0.15) is 38.2 Å². The highest BCUT2D eigenvalue weighted by Gasteiger charge is 2.38. The molecule has 0 unspecified atom stereocenters. The average molecular weight is 380 g/mol. The van der Waals surface area contributed by atoms with E-state index in [0.717, 1.165) is 36.9 Å². The number of carbonyl (C=O) groups excluding carboxylic acids is 2. The maximum absolute atomic E-state index is 13.2. The molecule has 0 saturated carbocycles. The topological polar surface area (TPSA) is 84.0 Å². The molecule has 0 spiro atoms. The first kappa shape index (κ1) is 18.8. The maximum atomic E-state index is 13.2. The van der Waals surface area contributed by atoms with Crippen molar-refractivity contribution in [3.8, 4) is 0 Å². The standard InChI is InChI=1S/C18H24N2O5S/c1-13(21)19-10-5-6-14-12-15(8-9-16(14)19)26(23,24)20-11-4-3-7-17(20)18(22)25-2/h8-9,12,17H,3-7,10-11H2,1-2H3/t17-/m1/s1. The lowest BCUT2D eigenvalue weighted by Gasteiger charge is -2.33. The predicted molar refractivity (Wildman–Crippen MR) is 96.3 cm³/mol. The molecule has 3 rings (SSSR count). The van der Waals surface area contributed by atoms with Gasteiger partial charge in [-0.1, -0.05) is 0 Å². The number of fused-ring (bicyclic) bond motifs is 1. The number of esters is 1. The van der Waals surface area contributed by atoms with Crippen LogP contribution in [0.5, 0.6) is 0 Å². The molecule has 0 radical (unpaired) electrons. The van der Waals surface area contributed by atoms with E-state index in [4.69, 9.17) is 4.74 Å². The van der Waals surface area contributed by atoms with Gasteiger partial charge in [0.05, 0.1) is 12.0 Å². The second-order valence-corrected chi connectivity index (χ2v) is 8.61. The van der Waals surface area contributed by atoms with Crippen LogP contribution in [0.25, 0.3) is 0 Å². The number of anilines is 1. The Labute approximate surface area is 154 Å². The van der Waals surface area contributed by atoms with E-state index in [1.807, 2.05) is 0 Å². The highest BCUT2D eigenvalue weighted by atomic mass is 32.2. The van der Waals surface area contributed by atoms with Gasteiger partial charge in [-0.3, -0.25) is 9.59 Å². The summed E-state index contributed by atoms with van der Waals surface area (Å²) in [5, 5.41) is 0. The van der Waals surface area contributed by atoms with Gasteiger partial charge in [0.1, 0.15) is 6.04 Å². The van der Waals surface area contributed by atoms with Crippen molar-refractivity contribution in [2.45, 2.75) is 50.0 Å². The molecule has 1 saturated heterocycles. The largest absolute Gasteiger partial charge is 0.468 e.